The van der Waals surface area contributed by atoms with Crippen molar-refractivity contribution in [3.05, 3.63) is 11.8 Å². The highest BCUT2D eigenvalue weighted by molar-refractivity contribution is 6.07. The summed E-state index contributed by atoms with van der Waals surface area (Å²) in [6, 6.07) is 0. The fourth-order valence-electron chi connectivity index (χ4n) is 1.57. The average molecular weight is 208 g/mol. The lowest BCUT2D eigenvalue weighted by molar-refractivity contribution is 0.0529. The van der Waals surface area contributed by atoms with Crippen LogP contribution < -0.4 is 5.73 Å². The van der Waals surface area contributed by atoms with Crippen LogP contribution in [0.5, 0.6) is 0 Å². The van der Waals surface area contributed by atoms with Crippen molar-refractivity contribution in [1.82, 2.24) is 14.8 Å². The Morgan fingerprint density at radius 2 is 2.47 bits per heavy atom. The zero-order valence-corrected chi connectivity index (χ0v) is 8.57. The number of nitrogens with one attached hydrogen (secondary N) is 1. The first-order valence-corrected chi connectivity index (χ1v) is 4.61. The van der Waals surface area contributed by atoms with E-state index in [4.69, 9.17) is 10.5 Å². The number of H-pyrrole nitrogens is 1. The quantitative estimate of drug-likeness (QED) is 0.710. The van der Waals surface area contributed by atoms with E-state index in [1.165, 1.54) is 0 Å². The summed E-state index contributed by atoms with van der Waals surface area (Å²) >= 11 is 0. The summed E-state index contributed by atoms with van der Waals surface area (Å²) in [5.74, 6) is -0.110. The average Bonchev–Trinajstić information content (AvgIpc) is 2.67. The number of hydrogen-bond acceptors (Lipinski definition) is 4. The van der Waals surface area contributed by atoms with Crippen LogP contribution in [0.3, 0.4) is 0 Å². The summed E-state index contributed by atoms with van der Waals surface area (Å²) in [4.78, 5) is 14.5. The second kappa shape index (κ2) is 3.30. The topological polar surface area (TPSA) is 85.9 Å². The van der Waals surface area contributed by atoms with E-state index in [0.717, 1.165) is 5.52 Å². The van der Waals surface area contributed by atoms with Crippen molar-refractivity contribution in [1.29, 1.82) is 0 Å². The number of anilines is 1. The molecule has 0 spiro atoms. The molecule has 0 atom stereocenters. The monoisotopic (exact) mass is 208 g/mol. The lowest BCUT2D eigenvalue weighted by atomic mass is 10.3. The number of carbonyl (C=O) groups excluding carboxylic acids is 1. The van der Waals surface area contributed by atoms with Crippen LogP contribution in [0.2, 0.25) is 0 Å². The second-order valence-electron chi connectivity index (χ2n) is 3.16. The Morgan fingerprint density at radius 1 is 1.73 bits per heavy atom. The number of aromatic nitrogens is 3. The van der Waals surface area contributed by atoms with Crippen molar-refractivity contribution in [2.24, 2.45) is 7.05 Å². The zero-order chi connectivity index (χ0) is 11.0. The molecule has 0 saturated carbocycles. The van der Waals surface area contributed by atoms with Gasteiger partial charge in [-0.3, -0.25) is 4.68 Å². The SMILES string of the molecule is CCOC(=O)c1c(N)[nH]c2cnn(C)c12. The number of fused-ring (bicyclic) bond motifs is 1. The van der Waals surface area contributed by atoms with Gasteiger partial charge < -0.3 is 15.5 Å². The minimum Gasteiger partial charge on any atom is -0.462 e. The Morgan fingerprint density at radius 3 is 3.13 bits per heavy atom. The molecule has 3 N–H and O–H groups in total. The molecule has 80 valence electrons. The highest BCUT2D eigenvalue weighted by Gasteiger charge is 2.20. The van der Waals surface area contributed by atoms with E-state index in [1.807, 2.05) is 0 Å². The smallest absolute Gasteiger partial charge is 0.344 e. The summed E-state index contributed by atoms with van der Waals surface area (Å²) in [6.07, 6.45) is 1.62. The van der Waals surface area contributed by atoms with Gasteiger partial charge in [0, 0.05) is 7.05 Å². The van der Waals surface area contributed by atoms with Gasteiger partial charge in [0.05, 0.1) is 18.3 Å². The number of carbonyl (C=O) groups is 1. The van der Waals surface area contributed by atoms with E-state index in [0.29, 0.717) is 23.5 Å². The molecule has 0 radical (unpaired) electrons. The zero-order valence-electron chi connectivity index (χ0n) is 8.57. The van der Waals surface area contributed by atoms with E-state index in [1.54, 1.807) is 24.9 Å². The number of hydrogen-bond donors (Lipinski definition) is 2. The number of ether oxygens (including phenoxy) is 1. The fourth-order valence-corrected chi connectivity index (χ4v) is 1.57. The highest BCUT2D eigenvalue weighted by atomic mass is 16.5. The van der Waals surface area contributed by atoms with Gasteiger partial charge in [0.15, 0.2) is 0 Å². The van der Waals surface area contributed by atoms with Crippen molar-refractivity contribution < 1.29 is 9.53 Å². The molecule has 2 aromatic rings. The van der Waals surface area contributed by atoms with Gasteiger partial charge in [-0.1, -0.05) is 0 Å². The number of nitrogens with zero attached hydrogens (tertiary/aromatic N) is 2. The van der Waals surface area contributed by atoms with Crippen LogP contribution in [0, 0.1) is 0 Å². The summed E-state index contributed by atoms with van der Waals surface area (Å²) in [7, 11) is 1.75. The van der Waals surface area contributed by atoms with Crippen LogP contribution in [0.25, 0.3) is 11.0 Å². The van der Waals surface area contributed by atoms with Gasteiger partial charge in [0.1, 0.15) is 16.9 Å². The van der Waals surface area contributed by atoms with Crippen molar-refractivity contribution in [2.45, 2.75) is 6.92 Å². The molecule has 0 saturated heterocycles. The van der Waals surface area contributed by atoms with Gasteiger partial charge in [-0.25, -0.2) is 4.79 Å². The number of aryl methyl sites for hydroxylation is 1. The van der Waals surface area contributed by atoms with Crippen molar-refractivity contribution in [2.75, 3.05) is 12.3 Å². The van der Waals surface area contributed by atoms with E-state index >= 15 is 0 Å². The summed E-state index contributed by atoms with van der Waals surface area (Å²) < 4.78 is 6.51. The lowest BCUT2D eigenvalue weighted by Gasteiger charge is -2.01. The third kappa shape index (κ3) is 1.34. The third-order valence-corrected chi connectivity index (χ3v) is 2.19. The van der Waals surface area contributed by atoms with Crippen LogP contribution in [0.4, 0.5) is 5.82 Å². The number of rotatable bonds is 2. The molecule has 15 heavy (non-hydrogen) atoms. The third-order valence-electron chi connectivity index (χ3n) is 2.19. The maximum atomic E-state index is 11.6. The summed E-state index contributed by atoms with van der Waals surface area (Å²) in [6.45, 7) is 2.07. The van der Waals surface area contributed by atoms with Crippen molar-refractivity contribution in [3.63, 3.8) is 0 Å². The largest absolute Gasteiger partial charge is 0.462 e. The first-order chi connectivity index (χ1) is 7.15. The van der Waals surface area contributed by atoms with E-state index in [2.05, 4.69) is 10.1 Å². The number of nitrogen functional groups attached to an aromatic ring is 1. The van der Waals surface area contributed by atoms with Crippen molar-refractivity contribution >= 4 is 22.8 Å². The van der Waals surface area contributed by atoms with Gasteiger partial charge in [-0.05, 0) is 6.92 Å². The molecule has 6 heteroatoms. The molecule has 6 nitrogen and oxygen atoms in total. The highest BCUT2D eigenvalue weighted by Crippen LogP contribution is 2.24. The predicted molar refractivity (Wildman–Crippen MR) is 55.4 cm³/mol. The van der Waals surface area contributed by atoms with Gasteiger partial charge >= 0.3 is 5.97 Å². The Labute approximate surface area is 86.0 Å². The van der Waals surface area contributed by atoms with Crippen LogP contribution >= 0.6 is 0 Å². The van der Waals surface area contributed by atoms with Gasteiger partial charge in [0.25, 0.3) is 0 Å². The molecule has 0 bridgehead atoms. The van der Waals surface area contributed by atoms with Crippen molar-refractivity contribution in [3.8, 4) is 0 Å². The number of aromatic amines is 1. The fraction of sp³-hybridized carbons (Fsp3) is 0.333. The van der Waals surface area contributed by atoms with Crippen LogP contribution in [0.1, 0.15) is 17.3 Å². The molecule has 2 rings (SSSR count). The minimum atomic E-state index is -0.426. The Bertz CT molecular complexity index is 511. The summed E-state index contributed by atoms with van der Waals surface area (Å²) in [5.41, 5.74) is 7.46. The maximum Gasteiger partial charge on any atom is 0.344 e. The van der Waals surface area contributed by atoms with Crippen LogP contribution in [0.15, 0.2) is 6.20 Å². The van der Waals surface area contributed by atoms with E-state index in [-0.39, 0.29) is 0 Å². The molecular formula is C9H12N4O2. The minimum absolute atomic E-state index is 0.316. The second-order valence-corrected chi connectivity index (χ2v) is 3.16. The Kier molecular flexibility index (Phi) is 2.11. The predicted octanol–water partition coefficient (Wildman–Crippen LogP) is 0.660. The number of esters is 1. The molecular weight excluding hydrogens is 196 g/mol. The first kappa shape index (κ1) is 9.57. The number of nitrogens with two attached hydrogens (primary N) is 1. The van der Waals surface area contributed by atoms with Gasteiger partial charge in [-0.2, -0.15) is 5.10 Å². The first-order valence-electron chi connectivity index (χ1n) is 4.61. The van der Waals surface area contributed by atoms with Crippen LogP contribution in [-0.4, -0.2) is 27.3 Å². The standard InChI is InChI=1S/C9H12N4O2/c1-3-15-9(14)6-7-5(12-8(6)10)4-11-13(7)2/h4,12H,3,10H2,1-2H3. The molecule has 0 aliphatic rings. The lowest BCUT2D eigenvalue weighted by Crippen LogP contribution is -2.08. The Hall–Kier alpha value is -1.98. The Balaban J connectivity index is 2.61. The molecule has 0 aromatic carbocycles. The maximum absolute atomic E-state index is 11.6. The molecule has 0 unspecified atom stereocenters. The molecule has 0 aliphatic carbocycles. The van der Waals surface area contributed by atoms with Gasteiger partial charge in [0.2, 0.25) is 0 Å². The summed E-state index contributed by atoms with van der Waals surface area (Å²) in [5, 5.41) is 4.02. The molecule has 0 fully saturated rings. The van der Waals surface area contributed by atoms with E-state index in [9.17, 15) is 4.79 Å². The molecule has 0 aliphatic heterocycles. The molecule has 0 amide bonds. The van der Waals surface area contributed by atoms with E-state index < -0.39 is 5.97 Å². The molecule has 2 heterocycles. The molecule has 2 aromatic heterocycles. The normalized spacial score (nSPS) is 10.8. The van der Waals surface area contributed by atoms with Gasteiger partial charge in [-0.15, -0.1) is 0 Å². The van der Waals surface area contributed by atoms with Crippen LogP contribution in [-0.2, 0) is 11.8 Å².